The molecule has 1 aliphatic rings. The molecule has 2 rings (SSSR count). The molecule has 1 aliphatic carbocycles. The molecule has 1 saturated carbocycles. The lowest BCUT2D eigenvalue weighted by Gasteiger charge is -2.31. The molecule has 1 heterocycles. The SMILES string of the molecule is OCc1ccc(CNCC2CC(O)C2)o1. The number of aliphatic hydroxyl groups is 2. The van der Waals surface area contributed by atoms with Crippen molar-refractivity contribution >= 4 is 0 Å². The van der Waals surface area contributed by atoms with Gasteiger partial charge >= 0.3 is 0 Å². The van der Waals surface area contributed by atoms with Gasteiger partial charge in [-0.3, -0.25) is 0 Å². The summed E-state index contributed by atoms with van der Waals surface area (Å²) in [6, 6.07) is 3.65. The summed E-state index contributed by atoms with van der Waals surface area (Å²) in [5.41, 5.74) is 0. The molecule has 4 nitrogen and oxygen atoms in total. The molecule has 0 aromatic carbocycles. The van der Waals surface area contributed by atoms with Gasteiger partial charge in [0.05, 0.1) is 12.6 Å². The van der Waals surface area contributed by atoms with Gasteiger partial charge in [0.15, 0.2) is 0 Å². The summed E-state index contributed by atoms with van der Waals surface area (Å²) < 4.78 is 5.33. The predicted molar refractivity (Wildman–Crippen MR) is 55.1 cm³/mol. The van der Waals surface area contributed by atoms with Gasteiger partial charge in [0, 0.05) is 0 Å². The highest BCUT2D eigenvalue weighted by Gasteiger charge is 2.26. The third kappa shape index (κ3) is 2.81. The maximum Gasteiger partial charge on any atom is 0.129 e. The Bertz CT molecular complexity index is 305. The van der Waals surface area contributed by atoms with Crippen molar-refractivity contribution < 1.29 is 14.6 Å². The van der Waals surface area contributed by atoms with Crippen LogP contribution in [0.5, 0.6) is 0 Å². The summed E-state index contributed by atoms with van der Waals surface area (Å²) in [6.07, 6.45) is 1.74. The van der Waals surface area contributed by atoms with Gasteiger partial charge in [-0.25, -0.2) is 0 Å². The molecule has 0 unspecified atom stereocenters. The lowest BCUT2D eigenvalue weighted by Crippen LogP contribution is -2.35. The van der Waals surface area contributed by atoms with E-state index in [1.54, 1.807) is 6.07 Å². The van der Waals surface area contributed by atoms with Crippen LogP contribution in [0.25, 0.3) is 0 Å². The Hall–Kier alpha value is -0.840. The van der Waals surface area contributed by atoms with Gasteiger partial charge in [-0.05, 0) is 37.4 Å². The van der Waals surface area contributed by atoms with Crippen molar-refractivity contribution in [2.24, 2.45) is 5.92 Å². The van der Waals surface area contributed by atoms with Gasteiger partial charge in [-0.2, -0.15) is 0 Å². The van der Waals surface area contributed by atoms with Crippen LogP contribution in [-0.2, 0) is 13.2 Å². The zero-order chi connectivity index (χ0) is 10.7. The number of aliphatic hydroxyl groups excluding tert-OH is 2. The van der Waals surface area contributed by atoms with Crippen molar-refractivity contribution in [3.8, 4) is 0 Å². The van der Waals surface area contributed by atoms with Gasteiger partial charge in [-0.15, -0.1) is 0 Å². The van der Waals surface area contributed by atoms with Crippen LogP contribution < -0.4 is 5.32 Å². The van der Waals surface area contributed by atoms with Crippen molar-refractivity contribution in [2.45, 2.75) is 32.1 Å². The molecule has 0 spiro atoms. The lowest BCUT2D eigenvalue weighted by molar-refractivity contribution is 0.0428. The van der Waals surface area contributed by atoms with Gasteiger partial charge in [0.25, 0.3) is 0 Å². The highest BCUT2D eigenvalue weighted by Crippen LogP contribution is 2.26. The Labute approximate surface area is 88.9 Å². The Balaban J connectivity index is 1.65. The van der Waals surface area contributed by atoms with Crippen LogP contribution >= 0.6 is 0 Å². The first-order chi connectivity index (χ1) is 7.28. The van der Waals surface area contributed by atoms with Crippen molar-refractivity contribution in [1.29, 1.82) is 0 Å². The molecule has 1 aromatic rings. The predicted octanol–water partition coefficient (Wildman–Crippen LogP) is 0.632. The molecule has 0 bridgehead atoms. The molecule has 3 N–H and O–H groups in total. The van der Waals surface area contributed by atoms with E-state index in [1.807, 2.05) is 6.07 Å². The highest BCUT2D eigenvalue weighted by atomic mass is 16.4. The van der Waals surface area contributed by atoms with Crippen LogP contribution in [0.1, 0.15) is 24.4 Å². The van der Waals surface area contributed by atoms with E-state index in [2.05, 4.69) is 5.32 Å². The largest absolute Gasteiger partial charge is 0.462 e. The maximum atomic E-state index is 9.10. The van der Waals surface area contributed by atoms with E-state index in [0.29, 0.717) is 18.2 Å². The Morgan fingerprint density at radius 2 is 2.07 bits per heavy atom. The van der Waals surface area contributed by atoms with Crippen LogP contribution in [0, 0.1) is 5.92 Å². The average Bonchev–Trinajstić information content (AvgIpc) is 2.63. The van der Waals surface area contributed by atoms with E-state index in [4.69, 9.17) is 14.6 Å². The molecule has 0 radical (unpaired) electrons. The number of rotatable bonds is 5. The van der Waals surface area contributed by atoms with E-state index in [1.165, 1.54) is 0 Å². The van der Waals surface area contributed by atoms with Crippen LogP contribution in [0.3, 0.4) is 0 Å². The smallest absolute Gasteiger partial charge is 0.129 e. The molecular formula is C11H17NO3. The summed E-state index contributed by atoms with van der Waals surface area (Å²) in [5.74, 6) is 2.05. The first-order valence-corrected chi connectivity index (χ1v) is 5.35. The lowest BCUT2D eigenvalue weighted by atomic mass is 9.82. The van der Waals surface area contributed by atoms with E-state index in [0.717, 1.165) is 25.1 Å². The number of hydrogen-bond acceptors (Lipinski definition) is 4. The van der Waals surface area contributed by atoms with Gasteiger partial charge in [0.2, 0.25) is 0 Å². The zero-order valence-corrected chi connectivity index (χ0v) is 8.65. The molecule has 0 aliphatic heterocycles. The third-order valence-corrected chi connectivity index (χ3v) is 2.82. The van der Waals surface area contributed by atoms with Crippen molar-refractivity contribution in [3.63, 3.8) is 0 Å². The second-order valence-corrected chi connectivity index (χ2v) is 4.15. The average molecular weight is 211 g/mol. The highest BCUT2D eigenvalue weighted by molar-refractivity contribution is 5.06. The summed E-state index contributed by atoms with van der Waals surface area (Å²) in [4.78, 5) is 0. The van der Waals surface area contributed by atoms with E-state index in [-0.39, 0.29) is 12.7 Å². The van der Waals surface area contributed by atoms with Crippen molar-refractivity contribution in [3.05, 3.63) is 23.7 Å². The quantitative estimate of drug-likeness (QED) is 0.668. The minimum Gasteiger partial charge on any atom is -0.462 e. The summed E-state index contributed by atoms with van der Waals surface area (Å²) in [7, 11) is 0. The Morgan fingerprint density at radius 1 is 1.33 bits per heavy atom. The maximum absolute atomic E-state index is 9.10. The molecular weight excluding hydrogens is 194 g/mol. The monoisotopic (exact) mass is 211 g/mol. The number of furan rings is 1. The van der Waals surface area contributed by atoms with Gasteiger partial charge in [-0.1, -0.05) is 0 Å². The van der Waals surface area contributed by atoms with E-state index < -0.39 is 0 Å². The summed E-state index contributed by atoms with van der Waals surface area (Å²) in [5, 5.41) is 21.2. The van der Waals surface area contributed by atoms with Crippen molar-refractivity contribution in [1.82, 2.24) is 5.32 Å². The standard InChI is InChI=1S/C11H17NO3/c13-7-11-2-1-10(15-11)6-12-5-8-3-9(14)4-8/h1-2,8-9,12-14H,3-7H2. The van der Waals surface area contributed by atoms with Gasteiger partial charge in [0.1, 0.15) is 18.1 Å². The van der Waals surface area contributed by atoms with Crippen LogP contribution in [0.4, 0.5) is 0 Å². The first-order valence-electron chi connectivity index (χ1n) is 5.35. The minimum atomic E-state index is -0.0820. The topological polar surface area (TPSA) is 65.6 Å². The van der Waals surface area contributed by atoms with E-state index in [9.17, 15) is 0 Å². The second kappa shape index (κ2) is 4.79. The normalized spacial score (nSPS) is 25.2. The van der Waals surface area contributed by atoms with Crippen molar-refractivity contribution in [2.75, 3.05) is 6.54 Å². The molecule has 1 fully saturated rings. The molecule has 0 atom stereocenters. The molecule has 0 amide bonds. The second-order valence-electron chi connectivity index (χ2n) is 4.15. The molecule has 84 valence electrons. The van der Waals surface area contributed by atoms with E-state index >= 15 is 0 Å². The minimum absolute atomic E-state index is 0.0468. The fourth-order valence-corrected chi connectivity index (χ4v) is 1.87. The van der Waals surface area contributed by atoms with Crippen LogP contribution in [0.2, 0.25) is 0 Å². The summed E-state index contributed by atoms with van der Waals surface area (Å²) >= 11 is 0. The third-order valence-electron chi connectivity index (χ3n) is 2.82. The Morgan fingerprint density at radius 3 is 2.67 bits per heavy atom. The molecule has 4 heteroatoms. The van der Waals surface area contributed by atoms with Crippen LogP contribution in [0.15, 0.2) is 16.5 Å². The zero-order valence-electron chi connectivity index (χ0n) is 8.65. The van der Waals surface area contributed by atoms with Gasteiger partial charge < -0.3 is 19.9 Å². The van der Waals surface area contributed by atoms with Crippen LogP contribution in [-0.4, -0.2) is 22.9 Å². The Kier molecular flexibility index (Phi) is 3.41. The molecule has 0 saturated heterocycles. The summed E-state index contributed by atoms with van der Waals surface area (Å²) in [6.45, 7) is 1.56. The first kappa shape index (κ1) is 10.7. The fraction of sp³-hybridized carbons (Fsp3) is 0.636. The number of nitrogens with one attached hydrogen (secondary N) is 1. The molecule has 1 aromatic heterocycles. The fourth-order valence-electron chi connectivity index (χ4n) is 1.87. The molecule has 15 heavy (non-hydrogen) atoms. The number of hydrogen-bond donors (Lipinski definition) is 3.